The van der Waals surface area contributed by atoms with Crippen LogP contribution in [0.5, 0.6) is 0 Å². The Hall–Kier alpha value is -2.37. The smallest absolute Gasteiger partial charge is 0.240 e. The second kappa shape index (κ2) is 9.70. The molecule has 24 heavy (non-hydrogen) atoms. The van der Waals surface area contributed by atoms with E-state index in [4.69, 9.17) is 0 Å². The van der Waals surface area contributed by atoms with Gasteiger partial charge in [0.25, 0.3) is 0 Å². The van der Waals surface area contributed by atoms with Crippen LogP contribution in [-0.4, -0.2) is 42.3 Å². The second-order valence-electron chi connectivity index (χ2n) is 6.02. The van der Waals surface area contributed by atoms with Crippen molar-refractivity contribution in [1.29, 1.82) is 0 Å². The molecular formula is C18H25N3O3. The summed E-state index contributed by atoms with van der Waals surface area (Å²) in [6.07, 6.45) is 4.49. The van der Waals surface area contributed by atoms with Gasteiger partial charge in [0.1, 0.15) is 0 Å². The molecule has 0 aliphatic carbocycles. The highest BCUT2D eigenvalue weighted by Crippen LogP contribution is 2.11. The van der Waals surface area contributed by atoms with E-state index in [9.17, 15) is 14.4 Å². The summed E-state index contributed by atoms with van der Waals surface area (Å²) in [4.78, 5) is 37.3. The van der Waals surface area contributed by atoms with Crippen molar-refractivity contribution in [3.8, 4) is 0 Å². The van der Waals surface area contributed by atoms with Crippen molar-refractivity contribution < 1.29 is 14.4 Å². The summed E-state index contributed by atoms with van der Waals surface area (Å²) >= 11 is 0. The van der Waals surface area contributed by atoms with E-state index < -0.39 is 0 Å². The minimum atomic E-state index is -0.293. The number of amides is 3. The molecule has 1 heterocycles. The lowest BCUT2D eigenvalue weighted by Crippen LogP contribution is -2.44. The molecule has 1 fully saturated rings. The molecule has 0 radical (unpaired) electrons. The molecule has 0 unspecified atom stereocenters. The molecule has 2 N–H and O–H groups in total. The summed E-state index contributed by atoms with van der Waals surface area (Å²) in [5, 5.41) is 5.33. The fourth-order valence-corrected chi connectivity index (χ4v) is 2.65. The molecule has 0 atom stereocenters. The van der Waals surface area contributed by atoms with Crippen molar-refractivity contribution in [3.05, 3.63) is 35.9 Å². The van der Waals surface area contributed by atoms with Crippen LogP contribution in [0.15, 0.2) is 30.3 Å². The first-order valence-electron chi connectivity index (χ1n) is 8.50. The number of nitrogens with zero attached hydrogens (tertiary/aromatic N) is 1. The van der Waals surface area contributed by atoms with Crippen molar-refractivity contribution in [3.63, 3.8) is 0 Å². The molecule has 1 aromatic carbocycles. The SMILES string of the molecule is O=C(CNC(=O)CN1CCCCCCC1=O)NCc1ccccc1. The molecule has 1 aliphatic rings. The molecule has 1 aliphatic heterocycles. The molecule has 130 valence electrons. The van der Waals surface area contributed by atoms with Crippen LogP contribution in [0, 0.1) is 0 Å². The van der Waals surface area contributed by atoms with Crippen molar-refractivity contribution >= 4 is 17.7 Å². The molecule has 1 saturated heterocycles. The van der Waals surface area contributed by atoms with Crippen molar-refractivity contribution in [2.24, 2.45) is 0 Å². The van der Waals surface area contributed by atoms with Gasteiger partial charge in [-0.2, -0.15) is 0 Å². The van der Waals surface area contributed by atoms with Crippen LogP contribution >= 0.6 is 0 Å². The lowest BCUT2D eigenvalue weighted by Gasteiger charge is -2.24. The molecule has 6 nitrogen and oxygen atoms in total. The van der Waals surface area contributed by atoms with E-state index in [0.717, 1.165) is 31.2 Å². The summed E-state index contributed by atoms with van der Waals surface area (Å²) in [5.74, 6) is -0.511. The van der Waals surface area contributed by atoms with Crippen molar-refractivity contribution in [2.45, 2.75) is 38.6 Å². The monoisotopic (exact) mass is 331 g/mol. The van der Waals surface area contributed by atoms with E-state index >= 15 is 0 Å². The van der Waals surface area contributed by atoms with E-state index in [-0.39, 0.29) is 30.8 Å². The topological polar surface area (TPSA) is 78.5 Å². The predicted molar refractivity (Wildman–Crippen MR) is 91.0 cm³/mol. The largest absolute Gasteiger partial charge is 0.350 e. The summed E-state index contributed by atoms with van der Waals surface area (Å²) in [5.41, 5.74) is 1.00. The minimum Gasteiger partial charge on any atom is -0.350 e. The van der Waals surface area contributed by atoms with E-state index in [1.54, 1.807) is 4.90 Å². The van der Waals surface area contributed by atoms with Gasteiger partial charge in [-0.25, -0.2) is 0 Å². The molecule has 0 saturated carbocycles. The number of carbonyl (C=O) groups is 3. The van der Waals surface area contributed by atoms with Gasteiger partial charge in [-0.1, -0.05) is 43.2 Å². The Morgan fingerprint density at radius 1 is 0.958 bits per heavy atom. The average molecular weight is 331 g/mol. The number of hydrogen-bond acceptors (Lipinski definition) is 3. The highest BCUT2D eigenvalue weighted by atomic mass is 16.2. The van der Waals surface area contributed by atoms with E-state index in [1.807, 2.05) is 30.3 Å². The fourth-order valence-electron chi connectivity index (χ4n) is 2.65. The Morgan fingerprint density at radius 2 is 1.71 bits per heavy atom. The first kappa shape index (κ1) is 18.0. The summed E-state index contributed by atoms with van der Waals surface area (Å²) in [7, 11) is 0. The zero-order valence-corrected chi connectivity index (χ0v) is 13.9. The Bertz CT molecular complexity index is 560. The van der Waals surface area contributed by atoms with Gasteiger partial charge >= 0.3 is 0 Å². The van der Waals surface area contributed by atoms with Crippen LogP contribution in [0.3, 0.4) is 0 Å². The number of carbonyl (C=O) groups excluding carboxylic acids is 3. The number of rotatable bonds is 6. The zero-order valence-electron chi connectivity index (χ0n) is 13.9. The molecule has 6 heteroatoms. The Kier molecular flexibility index (Phi) is 7.26. The maximum atomic E-state index is 12.0. The Labute approximate surface area is 142 Å². The molecular weight excluding hydrogens is 306 g/mol. The Balaban J connectivity index is 1.68. The number of hydrogen-bond donors (Lipinski definition) is 2. The highest BCUT2D eigenvalue weighted by Gasteiger charge is 2.18. The van der Waals surface area contributed by atoms with Crippen molar-refractivity contribution in [1.82, 2.24) is 15.5 Å². The minimum absolute atomic E-state index is 0.0263. The van der Waals surface area contributed by atoms with E-state index in [1.165, 1.54) is 0 Å². The highest BCUT2D eigenvalue weighted by molar-refractivity contribution is 5.88. The first-order chi connectivity index (χ1) is 11.6. The molecule has 0 aromatic heterocycles. The first-order valence-corrected chi connectivity index (χ1v) is 8.50. The van der Waals surface area contributed by atoms with Crippen LogP contribution in [0.25, 0.3) is 0 Å². The lowest BCUT2D eigenvalue weighted by atomic mass is 10.1. The van der Waals surface area contributed by atoms with E-state index in [0.29, 0.717) is 19.5 Å². The third-order valence-electron chi connectivity index (χ3n) is 4.03. The summed E-state index contributed by atoms with van der Waals surface area (Å²) in [6.45, 7) is 1.01. The van der Waals surface area contributed by atoms with Gasteiger partial charge in [0.15, 0.2) is 0 Å². The normalized spacial score (nSPS) is 15.3. The van der Waals surface area contributed by atoms with Crippen LogP contribution in [-0.2, 0) is 20.9 Å². The maximum absolute atomic E-state index is 12.0. The quantitative estimate of drug-likeness (QED) is 0.822. The van der Waals surface area contributed by atoms with Gasteiger partial charge < -0.3 is 15.5 Å². The van der Waals surface area contributed by atoms with Crippen LogP contribution in [0.4, 0.5) is 0 Å². The zero-order chi connectivity index (χ0) is 17.2. The standard InChI is InChI=1S/C18H25N3O3/c22-16(19-12-15-8-4-3-5-9-15)13-20-17(23)14-21-11-7-2-1-6-10-18(21)24/h3-5,8-9H,1-2,6-7,10-14H2,(H,19,22)(H,20,23). The van der Waals surface area contributed by atoms with Gasteiger partial charge in [-0.15, -0.1) is 0 Å². The fraction of sp³-hybridized carbons (Fsp3) is 0.500. The number of likely N-dealkylation sites (tertiary alicyclic amines) is 1. The lowest BCUT2D eigenvalue weighted by molar-refractivity contribution is -0.136. The van der Waals surface area contributed by atoms with Gasteiger partial charge in [0.05, 0.1) is 13.1 Å². The third kappa shape index (κ3) is 6.40. The van der Waals surface area contributed by atoms with Gasteiger partial charge in [0, 0.05) is 19.5 Å². The second-order valence-corrected chi connectivity index (χ2v) is 6.02. The van der Waals surface area contributed by atoms with Gasteiger partial charge in [-0.05, 0) is 18.4 Å². The van der Waals surface area contributed by atoms with E-state index in [2.05, 4.69) is 10.6 Å². The van der Waals surface area contributed by atoms with Gasteiger partial charge in [0.2, 0.25) is 17.7 Å². The van der Waals surface area contributed by atoms with Gasteiger partial charge in [-0.3, -0.25) is 14.4 Å². The van der Waals surface area contributed by atoms with Crippen LogP contribution < -0.4 is 10.6 Å². The molecule has 1 aromatic rings. The molecule has 0 bridgehead atoms. The summed E-state index contributed by atoms with van der Waals surface area (Å²) < 4.78 is 0. The molecule has 0 spiro atoms. The summed E-state index contributed by atoms with van der Waals surface area (Å²) in [6, 6.07) is 9.57. The van der Waals surface area contributed by atoms with Crippen LogP contribution in [0.2, 0.25) is 0 Å². The maximum Gasteiger partial charge on any atom is 0.240 e. The third-order valence-corrected chi connectivity index (χ3v) is 4.03. The number of benzene rings is 1. The molecule has 3 amide bonds. The van der Waals surface area contributed by atoms with Crippen LogP contribution in [0.1, 0.15) is 37.7 Å². The number of nitrogens with one attached hydrogen (secondary N) is 2. The Morgan fingerprint density at radius 3 is 2.50 bits per heavy atom. The average Bonchev–Trinajstić information content (AvgIpc) is 2.59. The predicted octanol–water partition coefficient (Wildman–Crippen LogP) is 1.21. The van der Waals surface area contributed by atoms with Crippen molar-refractivity contribution in [2.75, 3.05) is 19.6 Å². The molecule has 2 rings (SSSR count).